The highest BCUT2D eigenvalue weighted by Gasteiger charge is 2.08. The topological polar surface area (TPSA) is 59.6 Å². The van der Waals surface area contributed by atoms with Gasteiger partial charge in [-0.25, -0.2) is 0 Å². The maximum Gasteiger partial charge on any atom is 0.387 e. The van der Waals surface area contributed by atoms with E-state index in [0.717, 1.165) is 11.3 Å². The zero-order valence-corrected chi connectivity index (χ0v) is 16.0. The maximum absolute atomic E-state index is 12.3. The van der Waals surface area contributed by atoms with Crippen LogP contribution < -0.4 is 20.3 Å². The highest BCUT2D eigenvalue weighted by atomic mass is 19.3. The summed E-state index contributed by atoms with van der Waals surface area (Å²) in [6.45, 7) is 1.33. The van der Waals surface area contributed by atoms with Gasteiger partial charge in [-0.3, -0.25) is 15.6 Å². The van der Waals surface area contributed by atoms with Crippen molar-refractivity contribution in [2.24, 2.45) is 0 Å². The third-order valence-corrected chi connectivity index (χ3v) is 4.12. The molecule has 0 aromatic heterocycles. The van der Waals surface area contributed by atoms with Crippen LogP contribution in [0.2, 0.25) is 0 Å². The van der Waals surface area contributed by atoms with E-state index in [2.05, 4.69) is 22.2 Å². The number of carbonyl (C=O) groups excluding carboxylic acids is 1. The summed E-state index contributed by atoms with van der Waals surface area (Å²) >= 11 is 0. The Labute approximate surface area is 172 Å². The Morgan fingerprint density at radius 2 is 1.47 bits per heavy atom. The third-order valence-electron chi connectivity index (χ3n) is 4.12. The van der Waals surface area contributed by atoms with Crippen LogP contribution in [0.1, 0.15) is 21.5 Å². The Bertz CT molecular complexity index is 976. The molecule has 154 valence electrons. The van der Waals surface area contributed by atoms with Crippen molar-refractivity contribution in [1.82, 2.24) is 10.9 Å². The van der Waals surface area contributed by atoms with E-state index in [1.54, 1.807) is 24.3 Å². The summed E-state index contributed by atoms with van der Waals surface area (Å²) in [7, 11) is 0. The van der Waals surface area contributed by atoms with Crippen LogP contribution in [-0.2, 0) is 6.61 Å². The van der Waals surface area contributed by atoms with Crippen LogP contribution in [-0.4, -0.2) is 12.5 Å². The van der Waals surface area contributed by atoms with Crippen LogP contribution in [0.3, 0.4) is 0 Å². The molecular formula is C23H20F2N2O3. The van der Waals surface area contributed by atoms with Gasteiger partial charge >= 0.3 is 6.61 Å². The molecule has 0 radical (unpaired) electrons. The normalized spacial score (nSPS) is 10.4. The lowest BCUT2D eigenvalue weighted by atomic mass is 10.1. The lowest BCUT2D eigenvalue weighted by molar-refractivity contribution is -0.0498. The van der Waals surface area contributed by atoms with E-state index in [4.69, 9.17) is 4.74 Å². The molecule has 0 atom stereocenters. The molecule has 0 fully saturated rings. The lowest BCUT2D eigenvalue weighted by Gasteiger charge is -2.12. The van der Waals surface area contributed by atoms with Crippen molar-refractivity contribution in [3.05, 3.63) is 102 Å². The molecule has 7 heteroatoms. The van der Waals surface area contributed by atoms with Crippen LogP contribution >= 0.6 is 0 Å². The molecule has 0 bridgehead atoms. The molecule has 3 aromatic carbocycles. The fraction of sp³-hybridized carbons (Fsp3) is 0.0870. The Balaban J connectivity index is 1.48. The molecule has 0 saturated carbocycles. The highest BCUT2D eigenvalue weighted by molar-refractivity contribution is 5.94. The fourth-order valence-electron chi connectivity index (χ4n) is 2.55. The predicted octanol–water partition coefficient (Wildman–Crippen LogP) is 4.77. The SMILES string of the molecule is C=C(NNC(=O)c1ccc(COc2ccccc2)cc1)c1ccc(OC(F)F)cc1. The van der Waals surface area contributed by atoms with Gasteiger partial charge in [0, 0.05) is 5.56 Å². The average Bonchev–Trinajstić information content (AvgIpc) is 2.77. The molecule has 1 amide bonds. The quantitative estimate of drug-likeness (QED) is 0.499. The van der Waals surface area contributed by atoms with Gasteiger partial charge in [0.25, 0.3) is 5.91 Å². The molecule has 0 saturated heterocycles. The van der Waals surface area contributed by atoms with Gasteiger partial charge in [0.05, 0.1) is 5.70 Å². The summed E-state index contributed by atoms with van der Waals surface area (Å²) in [6, 6.07) is 22.4. The Hall–Kier alpha value is -3.87. The molecule has 0 aliphatic carbocycles. The van der Waals surface area contributed by atoms with Gasteiger partial charge in [0.15, 0.2) is 0 Å². The first kappa shape index (κ1) is 20.9. The zero-order valence-electron chi connectivity index (χ0n) is 16.0. The van der Waals surface area contributed by atoms with E-state index in [1.807, 2.05) is 42.5 Å². The number of hydrazine groups is 1. The molecule has 2 N–H and O–H groups in total. The fourth-order valence-corrected chi connectivity index (χ4v) is 2.55. The molecule has 3 rings (SSSR count). The number of para-hydroxylation sites is 1. The second-order valence-corrected chi connectivity index (χ2v) is 6.26. The monoisotopic (exact) mass is 410 g/mol. The Morgan fingerprint density at radius 3 is 2.10 bits per heavy atom. The van der Waals surface area contributed by atoms with Gasteiger partial charge in [-0.1, -0.05) is 36.9 Å². The van der Waals surface area contributed by atoms with Gasteiger partial charge in [-0.05, 0) is 59.7 Å². The van der Waals surface area contributed by atoms with E-state index in [1.165, 1.54) is 12.1 Å². The second-order valence-electron chi connectivity index (χ2n) is 6.26. The number of hydrogen-bond donors (Lipinski definition) is 2. The Morgan fingerprint density at radius 1 is 0.833 bits per heavy atom. The predicted molar refractivity (Wildman–Crippen MR) is 110 cm³/mol. The standard InChI is InChI=1S/C23H20F2N2O3/c1-16(18-11-13-21(14-12-18)30-23(24)25)26-27-22(28)19-9-7-17(8-10-19)15-29-20-5-3-2-4-6-20/h2-14,23,26H,1,15H2,(H,27,28). The van der Waals surface area contributed by atoms with Crippen molar-refractivity contribution >= 4 is 11.6 Å². The summed E-state index contributed by atoms with van der Waals surface area (Å²) in [5.41, 5.74) is 7.67. The average molecular weight is 410 g/mol. The maximum atomic E-state index is 12.3. The summed E-state index contributed by atoms with van der Waals surface area (Å²) < 4.78 is 34.3. The van der Waals surface area contributed by atoms with Crippen molar-refractivity contribution in [2.75, 3.05) is 0 Å². The van der Waals surface area contributed by atoms with Gasteiger partial charge in [-0.15, -0.1) is 0 Å². The third kappa shape index (κ3) is 6.07. The molecule has 0 heterocycles. The van der Waals surface area contributed by atoms with Crippen LogP contribution in [0.15, 0.2) is 85.4 Å². The highest BCUT2D eigenvalue weighted by Crippen LogP contribution is 2.18. The largest absolute Gasteiger partial charge is 0.489 e. The number of benzene rings is 3. The minimum Gasteiger partial charge on any atom is -0.489 e. The number of nitrogens with one attached hydrogen (secondary N) is 2. The molecule has 5 nitrogen and oxygen atoms in total. The van der Waals surface area contributed by atoms with Gasteiger partial charge in [-0.2, -0.15) is 8.78 Å². The van der Waals surface area contributed by atoms with Crippen LogP contribution in [0.4, 0.5) is 8.78 Å². The summed E-state index contributed by atoms with van der Waals surface area (Å²) in [5, 5.41) is 0. The first-order valence-electron chi connectivity index (χ1n) is 9.08. The van der Waals surface area contributed by atoms with E-state index >= 15 is 0 Å². The summed E-state index contributed by atoms with van der Waals surface area (Å²) in [4.78, 5) is 12.3. The van der Waals surface area contributed by atoms with Crippen molar-refractivity contribution in [1.29, 1.82) is 0 Å². The minimum absolute atomic E-state index is 0.0434. The number of ether oxygens (including phenoxy) is 2. The minimum atomic E-state index is -2.88. The lowest BCUT2D eigenvalue weighted by Crippen LogP contribution is -2.35. The molecule has 0 aliphatic rings. The van der Waals surface area contributed by atoms with Crippen molar-refractivity contribution in [3.63, 3.8) is 0 Å². The first-order chi connectivity index (χ1) is 14.5. The van der Waals surface area contributed by atoms with Crippen LogP contribution in [0, 0.1) is 0 Å². The van der Waals surface area contributed by atoms with E-state index in [0.29, 0.717) is 23.4 Å². The number of alkyl halides is 2. The van der Waals surface area contributed by atoms with Gasteiger partial charge < -0.3 is 9.47 Å². The summed E-state index contributed by atoms with van der Waals surface area (Å²) in [5.74, 6) is 0.474. The number of carbonyl (C=O) groups is 1. The van der Waals surface area contributed by atoms with Crippen LogP contribution in [0.25, 0.3) is 5.70 Å². The molecule has 0 spiro atoms. The number of hydrogen-bond acceptors (Lipinski definition) is 4. The van der Waals surface area contributed by atoms with E-state index in [9.17, 15) is 13.6 Å². The molecule has 0 unspecified atom stereocenters. The zero-order chi connectivity index (χ0) is 21.3. The molecule has 30 heavy (non-hydrogen) atoms. The van der Waals surface area contributed by atoms with Gasteiger partial charge in [0.2, 0.25) is 0 Å². The van der Waals surface area contributed by atoms with Crippen molar-refractivity contribution < 1.29 is 23.0 Å². The van der Waals surface area contributed by atoms with E-state index < -0.39 is 6.61 Å². The summed E-state index contributed by atoms with van der Waals surface area (Å²) in [6.07, 6.45) is 0. The molecule has 3 aromatic rings. The van der Waals surface area contributed by atoms with Gasteiger partial charge in [0.1, 0.15) is 18.1 Å². The second kappa shape index (κ2) is 10.1. The smallest absolute Gasteiger partial charge is 0.387 e. The van der Waals surface area contributed by atoms with E-state index in [-0.39, 0.29) is 11.7 Å². The first-order valence-corrected chi connectivity index (χ1v) is 9.08. The number of rotatable bonds is 9. The number of halogens is 2. The van der Waals surface area contributed by atoms with Crippen molar-refractivity contribution in [2.45, 2.75) is 13.2 Å². The number of amides is 1. The Kier molecular flexibility index (Phi) is 7.00. The molecule has 0 aliphatic heterocycles. The van der Waals surface area contributed by atoms with Crippen LogP contribution in [0.5, 0.6) is 11.5 Å². The molecular weight excluding hydrogens is 390 g/mol. The van der Waals surface area contributed by atoms with Crippen molar-refractivity contribution in [3.8, 4) is 11.5 Å².